The van der Waals surface area contributed by atoms with E-state index in [4.69, 9.17) is 0 Å². The minimum absolute atomic E-state index is 0.00410. The Balaban J connectivity index is 2.90. The fraction of sp³-hybridized carbons (Fsp3) is 0.250. The maximum Gasteiger partial charge on any atom is 0.223 e. The van der Waals surface area contributed by atoms with E-state index in [-0.39, 0.29) is 5.91 Å². The van der Waals surface area contributed by atoms with Crippen LogP contribution in [0.1, 0.15) is 18.1 Å². The Labute approximate surface area is 84.9 Å². The molecule has 2 heteroatoms. The molecule has 0 aliphatic rings. The highest BCUT2D eigenvalue weighted by Crippen LogP contribution is 2.16. The largest absolute Gasteiger partial charge is 0.316 e. The Kier molecular flexibility index (Phi) is 3.07. The molecule has 0 saturated heterocycles. The van der Waals surface area contributed by atoms with E-state index in [0.29, 0.717) is 0 Å². The number of carbonyl (C=O) groups excluding carboxylic acids is 1. The first-order valence-electron chi connectivity index (χ1n) is 4.52. The highest BCUT2D eigenvalue weighted by molar-refractivity contribution is 5.84. The standard InChI is InChI=1S/C12H15NO/c1-9-5-7-12(8-6-9)10(2)13(4)11(3)14/h5-8H,2H2,1,3-4H3. The van der Waals surface area contributed by atoms with Crippen molar-refractivity contribution in [2.24, 2.45) is 0 Å². The van der Waals surface area contributed by atoms with Crippen LogP contribution in [-0.4, -0.2) is 17.9 Å². The summed E-state index contributed by atoms with van der Waals surface area (Å²) >= 11 is 0. The van der Waals surface area contributed by atoms with Crippen LogP contribution in [0.15, 0.2) is 30.8 Å². The predicted octanol–water partition coefficient (Wildman–Crippen LogP) is 2.44. The maximum absolute atomic E-state index is 11.1. The van der Waals surface area contributed by atoms with Crippen LogP contribution in [-0.2, 0) is 4.79 Å². The highest BCUT2D eigenvalue weighted by atomic mass is 16.2. The van der Waals surface area contributed by atoms with Crippen LogP contribution in [0, 0.1) is 6.92 Å². The van der Waals surface area contributed by atoms with Crippen molar-refractivity contribution >= 4 is 11.6 Å². The van der Waals surface area contributed by atoms with Gasteiger partial charge in [0.15, 0.2) is 0 Å². The Hall–Kier alpha value is -1.57. The molecule has 74 valence electrons. The Bertz CT molecular complexity index is 351. The molecule has 0 spiro atoms. The van der Waals surface area contributed by atoms with Crippen molar-refractivity contribution in [2.45, 2.75) is 13.8 Å². The number of rotatable bonds is 2. The van der Waals surface area contributed by atoms with Crippen LogP contribution < -0.4 is 0 Å². The molecule has 2 nitrogen and oxygen atoms in total. The summed E-state index contributed by atoms with van der Waals surface area (Å²) in [5.41, 5.74) is 2.91. The second-order valence-electron chi connectivity index (χ2n) is 3.39. The van der Waals surface area contributed by atoms with Gasteiger partial charge in [-0.25, -0.2) is 0 Å². The summed E-state index contributed by atoms with van der Waals surface area (Å²) in [5.74, 6) is -0.00410. The summed E-state index contributed by atoms with van der Waals surface area (Å²) in [6, 6.07) is 7.96. The molecule has 0 N–H and O–H groups in total. The SMILES string of the molecule is C=C(c1ccc(C)cc1)N(C)C(C)=O. The smallest absolute Gasteiger partial charge is 0.223 e. The molecule has 14 heavy (non-hydrogen) atoms. The molecule has 0 aliphatic carbocycles. The number of aryl methyl sites for hydroxylation is 1. The van der Waals surface area contributed by atoms with Crippen LogP contribution in [0.5, 0.6) is 0 Å². The molecule has 0 saturated carbocycles. The summed E-state index contributed by atoms with van der Waals surface area (Å²) < 4.78 is 0. The molecule has 0 bridgehead atoms. The van der Waals surface area contributed by atoms with E-state index in [1.165, 1.54) is 12.5 Å². The third-order valence-electron chi connectivity index (χ3n) is 2.26. The molecule has 0 atom stereocenters. The second kappa shape index (κ2) is 4.09. The van der Waals surface area contributed by atoms with Gasteiger partial charge in [0.2, 0.25) is 5.91 Å². The summed E-state index contributed by atoms with van der Waals surface area (Å²) in [4.78, 5) is 12.6. The number of amides is 1. The molecule has 1 amide bonds. The van der Waals surface area contributed by atoms with Crippen molar-refractivity contribution < 1.29 is 4.79 Å². The van der Waals surface area contributed by atoms with Crippen molar-refractivity contribution in [3.63, 3.8) is 0 Å². The lowest BCUT2D eigenvalue weighted by atomic mass is 10.1. The van der Waals surface area contributed by atoms with Crippen molar-refractivity contribution in [3.8, 4) is 0 Å². The van der Waals surface area contributed by atoms with Crippen molar-refractivity contribution in [1.29, 1.82) is 0 Å². The molecule has 0 aliphatic heterocycles. The second-order valence-corrected chi connectivity index (χ2v) is 3.39. The zero-order valence-electron chi connectivity index (χ0n) is 8.87. The van der Waals surface area contributed by atoms with Gasteiger partial charge in [0, 0.05) is 19.7 Å². The van der Waals surface area contributed by atoms with Gasteiger partial charge in [-0.3, -0.25) is 4.79 Å². The van der Waals surface area contributed by atoms with Gasteiger partial charge in [0.1, 0.15) is 0 Å². The zero-order valence-corrected chi connectivity index (χ0v) is 8.87. The number of hydrogen-bond donors (Lipinski definition) is 0. The van der Waals surface area contributed by atoms with Gasteiger partial charge in [-0.2, -0.15) is 0 Å². The lowest BCUT2D eigenvalue weighted by molar-refractivity contribution is -0.124. The molecule has 0 fully saturated rings. The Morgan fingerprint density at radius 2 is 1.79 bits per heavy atom. The molecule has 1 aromatic carbocycles. The van der Waals surface area contributed by atoms with Crippen LogP contribution in [0.2, 0.25) is 0 Å². The lowest BCUT2D eigenvalue weighted by Crippen LogP contribution is -2.21. The van der Waals surface area contributed by atoms with E-state index in [1.54, 1.807) is 11.9 Å². The molecular weight excluding hydrogens is 174 g/mol. The number of hydrogen-bond acceptors (Lipinski definition) is 1. The van der Waals surface area contributed by atoms with E-state index in [2.05, 4.69) is 6.58 Å². The van der Waals surface area contributed by atoms with Gasteiger partial charge < -0.3 is 4.90 Å². The van der Waals surface area contributed by atoms with Crippen LogP contribution >= 0.6 is 0 Å². The lowest BCUT2D eigenvalue weighted by Gasteiger charge is -2.17. The van der Waals surface area contributed by atoms with Gasteiger partial charge in [-0.1, -0.05) is 36.4 Å². The minimum atomic E-state index is -0.00410. The number of carbonyl (C=O) groups is 1. The summed E-state index contributed by atoms with van der Waals surface area (Å²) in [5, 5.41) is 0. The van der Waals surface area contributed by atoms with E-state index in [1.807, 2.05) is 31.2 Å². The van der Waals surface area contributed by atoms with Gasteiger partial charge in [0.05, 0.1) is 0 Å². The zero-order chi connectivity index (χ0) is 10.7. The van der Waals surface area contributed by atoms with Crippen LogP contribution in [0.25, 0.3) is 5.70 Å². The Morgan fingerprint density at radius 3 is 2.21 bits per heavy atom. The summed E-state index contributed by atoms with van der Waals surface area (Å²) in [7, 11) is 1.73. The first-order valence-corrected chi connectivity index (χ1v) is 4.52. The first-order chi connectivity index (χ1) is 6.52. The fourth-order valence-electron chi connectivity index (χ4n) is 1.13. The van der Waals surface area contributed by atoms with E-state index in [9.17, 15) is 4.79 Å². The maximum atomic E-state index is 11.1. The number of benzene rings is 1. The first kappa shape index (κ1) is 10.5. The third-order valence-corrected chi connectivity index (χ3v) is 2.26. The fourth-order valence-corrected chi connectivity index (χ4v) is 1.13. The van der Waals surface area contributed by atoms with Crippen molar-refractivity contribution in [1.82, 2.24) is 4.90 Å². The topological polar surface area (TPSA) is 20.3 Å². The average Bonchev–Trinajstić information content (AvgIpc) is 2.16. The van der Waals surface area contributed by atoms with Gasteiger partial charge in [0.25, 0.3) is 0 Å². The molecule has 0 unspecified atom stereocenters. The molecule has 1 rings (SSSR count). The van der Waals surface area contributed by atoms with Gasteiger partial charge >= 0.3 is 0 Å². The molecule has 0 aromatic heterocycles. The summed E-state index contributed by atoms with van der Waals surface area (Å²) in [6.07, 6.45) is 0. The molecule has 1 aromatic rings. The quantitative estimate of drug-likeness (QED) is 0.699. The predicted molar refractivity (Wildman–Crippen MR) is 58.7 cm³/mol. The average molecular weight is 189 g/mol. The van der Waals surface area contributed by atoms with E-state index >= 15 is 0 Å². The number of nitrogens with zero attached hydrogens (tertiary/aromatic N) is 1. The molecular formula is C12H15NO. The van der Waals surface area contributed by atoms with Gasteiger partial charge in [-0.15, -0.1) is 0 Å². The van der Waals surface area contributed by atoms with E-state index in [0.717, 1.165) is 11.3 Å². The normalized spacial score (nSPS) is 9.64. The van der Waals surface area contributed by atoms with Gasteiger partial charge in [-0.05, 0) is 12.5 Å². The monoisotopic (exact) mass is 189 g/mol. The Morgan fingerprint density at radius 1 is 1.29 bits per heavy atom. The van der Waals surface area contributed by atoms with Crippen molar-refractivity contribution in [2.75, 3.05) is 7.05 Å². The van der Waals surface area contributed by atoms with Crippen LogP contribution in [0.4, 0.5) is 0 Å². The van der Waals surface area contributed by atoms with E-state index < -0.39 is 0 Å². The highest BCUT2D eigenvalue weighted by Gasteiger charge is 2.07. The summed E-state index contributed by atoms with van der Waals surface area (Å²) in [6.45, 7) is 7.44. The molecule has 0 heterocycles. The van der Waals surface area contributed by atoms with Crippen molar-refractivity contribution in [3.05, 3.63) is 42.0 Å². The van der Waals surface area contributed by atoms with Crippen LogP contribution in [0.3, 0.4) is 0 Å². The molecule has 0 radical (unpaired) electrons. The minimum Gasteiger partial charge on any atom is -0.316 e. The third kappa shape index (κ3) is 2.22.